The first kappa shape index (κ1) is 13.5. The summed E-state index contributed by atoms with van der Waals surface area (Å²) in [6.07, 6.45) is -0.254. The fourth-order valence-electron chi connectivity index (χ4n) is 1.57. The van der Waals surface area contributed by atoms with Gasteiger partial charge in [0.25, 0.3) is 0 Å². The van der Waals surface area contributed by atoms with Crippen LogP contribution in [0.2, 0.25) is 0 Å². The summed E-state index contributed by atoms with van der Waals surface area (Å²) in [5.74, 6) is -0.935. The zero-order valence-electron chi connectivity index (χ0n) is 10.5. The van der Waals surface area contributed by atoms with E-state index in [1.54, 1.807) is 26.0 Å². The lowest BCUT2D eigenvalue weighted by atomic mass is 10.1. The minimum atomic E-state index is -0.554. The third kappa shape index (κ3) is 3.08. The van der Waals surface area contributed by atoms with Gasteiger partial charge in [0.05, 0.1) is 11.0 Å². The Morgan fingerprint density at radius 2 is 2.21 bits per heavy atom. The molecule has 1 heterocycles. The van der Waals surface area contributed by atoms with Crippen molar-refractivity contribution in [1.82, 2.24) is 4.98 Å². The van der Waals surface area contributed by atoms with Crippen LogP contribution in [0, 0.1) is 5.82 Å². The predicted molar refractivity (Wildman–Crippen MR) is 72.5 cm³/mol. The molecule has 19 heavy (non-hydrogen) atoms. The van der Waals surface area contributed by atoms with Crippen molar-refractivity contribution in [2.24, 2.45) is 0 Å². The molecule has 2 rings (SSSR count). The van der Waals surface area contributed by atoms with E-state index in [-0.39, 0.29) is 22.7 Å². The van der Waals surface area contributed by atoms with Crippen molar-refractivity contribution in [3.05, 3.63) is 35.8 Å². The van der Waals surface area contributed by atoms with Gasteiger partial charge in [0.1, 0.15) is 5.82 Å². The summed E-state index contributed by atoms with van der Waals surface area (Å²) >= 11 is 1.13. The summed E-state index contributed by atoms with van der Waals surface area (Å²) in [7, 11) is 0. The summed E-state index contributed by atoms with van der Waals surface area (Å²) in [6, 6.07) is 5.93. The van der Waals surface area contributed by atoms with Gasteiger partial charge in [-0.25, -0.2) is 14.2 Å². The summed E-state index contributed by atoms with van der Waals surface area (Å²) in [5, 5.41) is 0.245. The highest BCUT2D eigenvalue weighted by Crippen LogP contribution is 2.32. The molecular weight excluding hydrogens is 267 g/mol. The van der Waals surface area contributed by atoms with Crippen molar-refractivity contribution in [3.8, 4) is 10.4 Å². The van der Waals surface area contributed by atoms with E-state index >= 15 is 0 Å². The molecule has 6 heteroatoms. The lowest BCUT2D eigenvalue weighted by Gasteiger charge is -2.07. The van der Waals surface area contributed by atoms with Gasteiger partial charge in [0.2, 0.25) is 0 Å². The number of benzene rings is 1. The number of anilines is 1. The highest BCUT2D eigenvalue weighted by atomic mass is 32.1. The normalized spacial score (nSPS) is 10.7. The minimum Gasteiger partial charge on any atom is -0.458 e. The van der Waals surface area contributed by atoms with Crippen molar-refractivity contribution in [1.29, 1.82) is 0 Å². The molecule has 0 saturated heterocycles. The number of nitrogens with zero attached hydrogens (tertiary/aromatic N) is 1. The van der Waals surface area contributed by atoms with E-state index in [1.165, 1.54) is 12.1 Å². The zero-order valence-corrected chi connectivity index (χ0v) is 11.3. The molecule has 0 atom stereocenters. The maximum Gasteiger partial charge on any atom is 0.358 e. The molecule has 0 aliphatic heterocycles. The van der Waals surface area contributed by atoms with Gasteiger partial charge >= 0.3 is 5.97 Å². The number of esters is 1. The van der Waals surface area contributed by atoms with Crippen LogP contribution in [0.25, 0.3) is 10.4 Å². The van der Waals surface area contributed by atoms with Crippen LogP contribution in [0.1, 0.15) is 24.3 Å². The number of hydrogen-bond acceptors (Lipinski definition) is 5. The van der Waals surface area contributed by atoms with E-state index < -0.39 is 5.97 Å². The first-order chi connectivity index (χ1) is 8.97. The van der Waals surface area contributed by atoms with Gasteiger partial charge in [0, 0.05) is 0 Å². The van der Waals surface area contributed by atoms with Crippen molar-refractivity contribution < 1.29 is 13.9 Å². The van der Waals surface area contributed by atoms with Crippen molar-refractivity contribution >= 4 is 22.4 Å². The molecular formula is C13H13FN2O2S. The van der Waals surface area contributed by atoms with Crippen LogP contribution >= 0.6 is 11.3 Å². The van der Waals surface area contributed by atoms with Gasteiger partial charge in [-0.1, -0.05) is 23.5 Å². The molecule has 2 N–H and O–H groups in total. The standard InChI is InChI=1S/C13H13FN2O2S/c1-7(2)18-12(17)10-11(19-13(15)16-10)8-4-3-5-9(14)6-8/h3-7H,1-2H3,(H2,15,16). The quantitative estimate of drug-likeness (QED) is 0.877. The second-order valence-electron chi connectivity index (χ2n) is 4.19. The van der Waals surface area contributed by atoms with Gasteiger partial charge in [-0.05, 0) is 31.5 Å². The number of halogens is 1. The Balaban J connectivity index is 2.44. The van der Waals surface area contributed by atoms with Crippen LogP contribution in [0.3, 0.4) is 0 Å². The first-order valence-electron chi connectivity index (χ1n) is 5.70. The van der Waals surface area contributed by atoms with Gasteiger partial charge in [-0.2, -0.15) is 0 Å². The van der Waals surface area contributed by atoms with Gasteiger partial charge in [-0.15, -0.1) is 0 Å². The average Bonchev–Trinajstić information content (AvgIpc) is 2.70. The molecule has 0 radical (unpaired) electrons. The molecule has 0 spiro atoms. The Labute approximate surface area is 114 Å². The topological polar surface area (TPSA) is 65.2 Å². The molecule has 0 unspecified atom stereocenters. The van der Waals surface area contributed by atoms with Crippen LogP contribution in [0.4, 0.5) is 9.52 Å². The van der Waals surface area contributed by atoms with Crippen LogP contribution < -0.4 is 5.73 Å². The minimum absolute atomic E-state index is 0.127. The van der Waals surface area contributed by atoms with Gasteiger partial charge in [-0.3, -0.25) is 0 Å². The molecule has 0 fully saturated rings. The monoisotopic (exact) mass is 280 g/mol. The van der Waals surface area contributed by atoms with E-state index in [0.29, 0.717) is 10.4 Å². The molecule has 0 amide bonds. The predicted octanol–water partition coefficient (Wildman–Crippen LogP) is 3.10. The summed E-state index contributed by atoms with van der Waals surface area (Å²) < 4.78 is 18.3. The SMILES string of the molecule is CC(C)OC(=O)c1nc(N)sc1-c1cccc(F)c1. The summed E-state index contributed by atoms with van der Waals surface area (Å²) in [5.41, 5.74) is 6.32. The molecule has 1 aromatic carbocycles. The Hall–Kier alpha value is -1.95. The fourth-order valence-corrected chi connectivity index (χ4v) is 2.39. The average molecular weight is 280 g/mol. The second-order valence-corrected chi connectivity index (χ2v) is 5.22. The Bertz CT molecular complexity index is 610. The smallest absolute Gasteiger partial charge is 0.358 e. The number of carbonyl (C=O) groups excluding carboxylic acids is 1. The number of aromatic nitrogens is 1. The number of nitrogen functional groups attached to an aromatic ring is 1. The maximum atomic E-state index is 13.2. The molecule has 100 valence electrons. The third-order valence-corrected chi connectivity index (χ3v) is 3.20. The van der Waals surface area contributed by atoms with E-state index in [2.05, 4.69) is 4.98 Å². The van der Waals surface area contributed by atoms with E-state index in [4.69, 9.17) is 10.5 Å². The van der Waals surface area contributed by atoms with Crippen LogP contribution in [-0.4, -0.2) is 17.1 Å². The van der Waals surface area contributed by atoms with Crippen molar-refractivity contribution in [3.63, 3.8) is 0 Å². The van der Waals surface area contributed by atoms with Gasteiger partial charge in [0.15, 0.2) is 10.8 Å². The first-order valence-corrected chi connectivity index (χ1v) is 6.52. The molecule has 0 saturated carbocycles. The lowest BCUT2D eigenvalue weighted by molar-refractivity contribution is 0.0373. The third-order valence-electron chi connectivity index (χ3n) is 2.27. The second kappa shape index (κ2) is 5.36. The van der Waals surface area contributed by atoms with Crippen LogP contribution in [0.5, 0.6) is 0 Å². The molecule has 0 aliphatic carbocycles. The summed E-state index contributed by atoms with van der Waals surface area (Å²) in [6.45, 7) is 3.49. The molecule has 4 nitrogen and oxygen atoms in total. The number of carbonyl (C=O) groups is 1. The van der Waals surface area contributed by atoms with Gasteiger partial charge < -0.3 is 10.5 Å². The fraction of sp³-hybridized carbons (Fsp3) is 0.231. The molecule has 0 bridgehead atoms. The Morgan fingerprint density at radius 3 is 2.84 bits per heavy atom. The van der Waals surface area contributed by atoms with Crippen LogP contribution in [-0.2, 0) is 4.74 Å². The van der Waals surface area contributed by atoms with Crippen molar-refractivity contribution in [2.75, 3.05) is 5.73 Å². The highest BCUT2D eigenvalue weighted by Gasteiger charge is 2.21. The highest BCUT2D eigenvalue weighted by molar-refractivity contribution is 7.19. The van der Waals surface area contributed by atoms with E-state index in [0.717, 1.165) is 11.3 Å². The zero-order chi connectivity index (χ0) is 14.0. The Kier molecular flexibility index (Phi) is 3.80. The lowest BCUT2D eigenvalue weighted by Crippen LogP contribution is -2.12. The Morgan fingerprint density at radius 1 is 1.47 bits per heavy atom. The molecule has 1 aromatic heterocycles. The number of thiazole rings is 1. The van der Waals surface area contributed by atoms with Crippen LogP contribution in [0.15, 0.2) is 24.3 Å². The number of nitrogens with two attached hydrogens (primary N) is 1. The number of hydrogen-bond donors (Lipinski definition) is 1. The summed E-state index contributed by atoms with van der Waals surface area (Å²) in [4.78, 5) is 16.4. The number of ether oxygens (including phenoxy) is 1. The maximum absolute atomic E-state index is 13.2. The number of rotatable bonds is 3. The molecule has 0 aliphatic rings. The van der Waals surface area contributed by atoms with E-state index in [1.807, 2.05) is 0 Å². The largest absolute Gasteiger partial charge is 0.458 e. The van der Waals surface area contributed by atoms with Crippen molar-refractivity contribution in [2.45, 2.75) is 20.0 Å². The molecule has 2 aromatic rings. The van der Waals surface area contributed by atoms with E-state index in [9.17, 15) is 9.18 Å².